The first-order valence-electron chi connectivity index (χ1n) is 9.14. The van der Waals surface area contributed by atoms with E-state index in [0.717, 1.165) is 48.6 Å². The molecule has 1 aliphatic rings. The lowest BCUT2D eigenvalue weighted by Crippen LogP contribution is -2.16. The number of benzene rings is 1. The van der Waals surface area contributed by atoms with Crippen LogP contribution in [0.2, 0.25) is 0 Å². The molecule has 1 amide bonds. The number of rotatable bonds is 5. The third kappa shape index (κ3) is 4.03. The molecule has 0 radical (unpaired) electrons. The molecule has 2 N–H and O–H groups in total. The van der Waals surface area contributed by atoms with Crippen LogP contribution in [-0.2, 0) is 17.6 Å². The van der Waals surface area contributed by atoms with Crippen molar-refractivity contribution < 1.29 is 9.72 Å². The van der Waals surface area contributed by atoms with Gasteiger partial charge in [-0.1, -0.05) is 17.8 Å². The third-order valence-corrected chi connectivity index (χ3v) is 6.83. The molecule has 1 aromatic carbocycles. The molecule has 2 heterocycles. The second kappa shape index (κ2) is 7.96. The van der Waals surface area contributed by atoms with Crippen molar-refractivity contribution in [1.29, 1.82) is 0 Å². The molecule has 3 aromatic rings. The number of hydrogen-bond acceptors (Lipinski definition) is 7. The summed E-state index contributed by atoms with van der Waals surface area (Å²) in [5.74, 6) is -0.430. The maximum absolute atomic E-state index is 12.5. The molecule has 2 aromatic heterocycles. The summed E-state index contributed by atoms with van der Waals surface area (Å²) in [5.41, 5.74) is 1.67. The van der Waals surface area contributed by atoms with Crippen LogP contribution in [0.25, 0.3) is 10.2 Å². The Labute approximate surface area is 173 Å². The number of carbonyl (C=O) groups is 1. The van der Waals surface area contributed by atoms with Crippen LogP contribution < -0.4 is 10.9 Å². The van der Waals surface area contributed by atoms with Crippen LogP contribution in [0.1, 0.15) is 28.8 Å². The van der Waals surface area contributed by atoms with Gasteiger partial charge in [0.05, 0.1) is 16.1 Å². The summed E-state index contributed by atoms with van der Waals surface area (Å²) in [4.78, 5) is 44.7. The number of nitrogens with zero attached hydrogens (tertiary/aromatic N) is 2. The topological polar surface area (TPSA) is 118 Å². The maximum atomic E-state index is 12.5. The molecule has 29 heavy (non-hydrogen) atoms. The number of thiophene rings is 1. The Morgan fingerprint density at radius 2 is 2.17 bits per heavy atom. The summed E-state index contributed by atoms with van der Waals surface area (Å²) in [5, 5.41) is 14.8. The van der Waals surface area contributed by atoms with E-state index in [1.165, 1.54) is 17.0 Å². The number of nitrogens with one attached hydrogen (secondary N) is 2. The number of aryl methyl sites for hydroxylation is 3. The molecular weight excluding hydrogens is 412 g/mol. The number of H-pyrrole nitrogens is 1. The quantitative estimate of drug-likeness (QED) is 0.275. The Balaban J connectivity index is 1.49. The van der Waals surface area contributed by atoms with Gasteiger partial charge < -0.3 is 10.3 Å². The average Bonchev–Trinajstić information content (AvgIpc) is 3.06. The number of hydrogen-bond donors (Lipinski definition) is 2. The van der Waals surface area contributed by atoms with Crippen LogP contribution in [0.3, 0.4) is 0 Å². The Morgan fingerprint density at radius 3 is 2.97 bits per heavy atom. The van der Waals surface area contributed by atoms with Crippen LogP contribution >= 0.6 is 23.1 Å². The molecule has 0 aliphatic heterocycles. The fourth-order valence-electron chi connectivity index (χ4n) is 3.43. The number of aromatic nitrogens is 2. The normalized spacial score (nSPS) is 13.3. The Kier molecular flexibility index (Phi) is 5.37. The predicted octanol–water partition coefficient (Wildman–Crippen LogP) is 3.81. The molecule has 1 aliphatic carbocycles. The van der Waals surface area contributed by atoms with Crippen molar-refractivity contribution in [3.05, 3.63) is 54.7 Å². The SMILES string of the molecule is Cc1ccc(NC(=O)CSc2nc3sc4c(c3c(=O)[nH]2)CCCC4)c([N+](=O)[O-])c1. The molecule has 0 unspecified atom stereocenters. The minimum absolute atomic E-state index is 0.0232. The fraction of sp³-hybridized carbons (Fsp3) is 0.316. The fourth-order valence-corrected chi connectivity index (χ4v) is 5.41. The maximum Gasteiger partial charge on any atom is 0.293 e. The molecule has 0 spiro atoms. The van der Waals surface area contributed by atoms with Crippen molar-refractivity contribution in [2.24, 2.45) is 0 Å². The van der Waals surface area contributed by atoms with E-state index in [1.54, 1.807) is 24.3 Å². The predicted molar refractivity (Wildman–Crippen MR) is 114 cm³/mol. The Hall–Kier alpha value is -2.72. The minimum atomic E-state index is -0.526. The molecule has 0 atom stereocenters. The number of carbonyl (C=O) groups excluding carboxylic acids is 1. The summed E-state index contributed by atoms with van der Waals surface area (Å²) in [6.45, 7) is 1.75. The molecular formula is C19H18N4O4S2. The van der Waals surface area contributed by atoms with Crippen molar-refractivity contribution in [2.45, 2.75) is 37.8 Å². The van der Waals surface area contributed by atoms with Crippen molar-refractivity contribution in [3.8, 4) is 0 Å². The van der Waals surface area contributed by atoms with E-state index in [9.17, 15) is 19.7 Å². The van der Waals surface area contributed by atoms with E-state index in [4.69, 9.17) is 0 Å². The van der Waals surface area contributed by atoms with Gasteiger partial charge in [0.15, 0.2) is 5.16 Å². The minimum Gasteiger partial charge on any atom is -0.320 e. The van der Waals surface area contributed by atoms with E-state index in [2.05, 4.69) is 15.3 Å². The van der Waals surface area contributed by atoms with Crippen molar-refractivity contribution in [3.63, 3.8) is 0 Å². The molecule has 0 fully saturated rings. The van der Waals surface area contributed by atoms with Gasteiger partial charge in [-0.15, -0.1) is 11.3 Å². The van der Waals surface area contributed by atoms with Crippen molar-refractivity contribution in [1.82, 2.24) is 9.97 Å². The van der Waals surface area contributed by atoms with E-state index in [1.807, 2.05) is 0 Å². The number of anilines is 1. The summed E-state index contributed by atoms with van der Waals surface area (Å²) in [7, 11) is 0. The second-order valence-electron chi connectivity index (χ2n) is 6.88. The summed E-state index contributed by atoms with van der Waals surface area (Å²) >= 11 is 2.65. The molecule has 8 nitrogen and oxygen atoms in total. The molecule has 0 bridgehead atoms. The van der Waals surface area contributed by atoms with Crippen LogP contribution in [0.4, 0.5) is 11.4 Å². The van der Waals surface area contributed by atoms with Crippen LogP contribution in [0, 0.1) is 17.0 Å². The lowest BCUT2D eigenvalue weighted by Gasteiger charge is -2.09. The first kappa shape index (κ1) is 19.6. The monoisotopic (exact) mass is 430 g/mol. The van der Waals surface area contributed by atoms with E-state index >= 15 is 0 Å². The van der Waals surface area contributed by atoms with Gasteiger partial charge in [0.25, 0.3) is 11.2 Å². The number of fused-ring (bicyclic) bond motifs is 3. The third-order valence-electron chi connectivity index (χ3n) is 4.77. The second-order valence-corrected chi connectivity index (χ2v) is 8.92. The molecule has 10 heteroatoms. The standard InChI is InChI=1S/C19H18N4O4S2/c1-10-6-7-12(13(8-10)23(26)27)20-15(24)9-28-19-21-17(25)16-11-4-2-3-5-14(11)29-18(16)22-19/h6-8H,2-5,9H2,1H3,(H,20,24)(H,21,22,25). The number of aromatic amines is 1. The van der Waals surface area contributed by atoms with Crippen molar-refractivity contribution in [2.75, 3.05) is 11.1 Å². The zero-order valence-corrected chi connectivity index (χ0v) is 17.2. The summed E-state index contributed by atoms with van der Waals surface area (Å²) in [6, 6.07) is 4.62. The molecule has 4 rings (SSSR count). The highest BCUT2D eigenvalue weighted by Gasteiger charge is 2.20. The smallest absolute Gasteiger partial charge is 0.293 e. The van der Waals surface area contributed by atoms with E-state index in [-0.39, 0.29) is 22.7 Å². The Bertz CT molecular complexity index is 1180. The highest BCUT2D eigenvalue weighted by molar-refractivity contribution is 7.99. The average molecular weight is 431 g/mol. The van der Waals surface area contributed by atoms with Crippen LogP contribution in [0.15, 0.2) is 28.2 Å². The van der Waals surface area contributed by atoms with Gasteiger partial charge in [0.1, 0.15) is 10.5 Å². The highest BCUT2D eigenvalue weighted by Crippen LogP contribution is 2.34. The van der Waals surface area contributed by atoms with Gasteiger partial charge in [0.2, 0.25) is 5.91 Å². The number of nitro benzene ring substituents is 1. The van der Waals surface area contributed by atoms with Gasteiger partial charge in [-0.05, 0) is 49.8 Å². The van der Waals surface area contributed by atoms with Crippen molar-refractivity contribution >= 4 is 50.6 Å². The number of amides is 1. The van der Waals surface area contributed by atoms with Gasteiger partial charge in [-0.3, -0.25) is 19.7 Å². The Morgan fingerprint density at radius 1 is 1.38 bits per heavy atom. The van der Waals surface area contributed by atoms with Gasteiger partial charge in [-0.25, -0.2) is 4.98 Å². The molecule has 0 saturated carbocycles. The van der Waals surface area contributed by atoms with Crippen LogP contribution in [-0.4, -0.2) is 26.6 Å². The number of nitro groups is 1. The lowest BCUT2D eigenvalue weighted by molar-refractivity contribution is -0.384. The summed E-state index contributed by atoms with van der Waals surface area (Å²) < 4.78 is 0. The van der Waals surface area contributed by atoms with E-state index < -0.39 is 10.8 Å². The van der Waals surface area contributed by atoms with Gasteiger partial charge in [-0.2, -0.15) is 0 Å². The first-order chi connectivity index (χ1) is 13.9. The first-order valence-corrected chi connectivity index (χ1v) is 10.9. The summed E-state index contributed by atoms with van der Waals surface area (Å²) in [6.07, 6.45) is 4.10. The number of thioether (sulfide) groups is 1. The van der Waals surface area contributed by atoms with Gasteiger partial charge in [0, 0.05) is 10.9 Å². The highest BCUT2D eigenvalue weighted by atomic mass is 32.2. The largest absolute Gasteiger partial charge is 0.320 e. The molecule has 0 saturated heterocycles. The van der Waals surface area contributed by atoms with Gasteiger partial charge >= 0.3 is 0 Å². The molecule has 150 valence electrons. The zero-order valence-electron chi connectivity index (χ0n) is 15.6. The van der Waals surface area contributed by atoms with Crippen LogP contribution in [0.5, 0.6) is 0 Å². The zero-order chi connectivity index (χ0) is 20.5. The lowest BCUT2D eigenvalue weighted by atomic mass is 9.97. The van der Waals surface area contributed by atoms with E-state index in [0.29, 0.717) is 15.4 Å².